The van der Waals surface area contributed by atoms with Gasteiger partial charge in [0.2, 0.25) is 23.0 Å². The van der Waals surface area contributed by atoms with Crippen LogP contribution < -0.4 is 0 Å². The van der Waals surface area contributed by atoms with Crippen LogP contribution in [-0.4, -0.2) is 46.0 Å². The molecule has 0 fully saturated rings. The molecular weight excluding hydrogens is 368 g/mol. The smallest absolute Gasteiger partial charge is 0.208 e. The third-order valence-electron chi connectivity index (χ3n) is 2.96. The number of halogens is 1. The molecular formula is C12H9BrO9. The summed E-state index contributed by atoms with van der Waals surface area (Å²) in [7, 11) is 0. The van der Waals surface area contributed by atoms with Gasteiger partial charge in [0.15, 0.2) is 23.0 Å². The van der Waals surface area contributed by atoms with Gasteiger partial charge in [-0.25, -0.2) is 0 Å². The van der Waals surface area contributed by atoms with Crippen molar-refractivity contribution in [3.05, 3.63) is 4.47 Å². The summed E-state index contributed by atoms with van der Waals surface area (Å²) in [5.74, 6) is -10.2. The molecule has 0 atom stereocenters. The van der Waals surface area contributed by atoms with E-state index in [-0.39, 0.29) is 0 Å². The monoisotopic (exact) mass is 376 g/mol. The van der Waals surface area contributed by atoms with E-state index in [0.717, 1.165) is 0 Å². The maximum absolute atomic E-state index is 9.91. The molecule has 9 N–H and O–H groups in total. The molecule has 9 nitrogen and oxygen atoms in total. The van der Waals surface area contributed by atoms with Gasteiger partial charge in [0.1, 0.15) is 10.2 Å². The predicted octanol–water partition coefficient (Wildman–Crippen LogP) is 1.47. The highest BCUT2D eigenvalue weighted by Gasteiger charge is 2.31. The highest BCUT2D eigenvalue weighted by molar-refractivity contribution is 9.10. The molecule has 0 bridgehead atoms. The minimum atomic E-state index is -1.24. The molecule has 0 saturated carbocycles. The van der Waals surface area contributed by atoms with Gasteiger partial charge >= 0.3 is 0 Å². The summed E-state index contributed by atoms with van der Waals surface area (Å²) in [5, 5.41) is 86.5. The van der Waals surface area contributed by atoms with E-state index < -0.39 is 67.3 Å². The van der Waals surface area contributed by atoms with Crippen LogP contribution >= 0.6 is 15.9 Å². The normalized spacial score (nSPS) is 10.8. The van der Waals surface area contributed by atoms with Crippen molar-refractivity contribution in [2.24, 2.45) is 0 Å². The van der Waals surface area contributed by atoms with Crippen LogP contribution in [-0.2, 0) is 0 Å². The standard InChI is InChI=1S/C12H9BrO9/c13-3-4(14)1(5(15)9(19)8(3)18)2-6(16)10(20)12(22)11(21)7(2)17/h14-22H. The molecule has 2 aromatic carbocycles. The molecule has 0 aromatic heterocycles. The highest BCUT2D eigenvalue weighted by Crippen LogP contribution is 2.61. The molecule has 0 spiro atoms. The maximum atomic E-state index is 9.91. The summed E-state index contributed by atoms with van der Waals surface area (Å²) in [6, 6.07) is 0. The van der Waals surface area contributed by atoms with Gasteiger partial charge in [0.25, 0.3) is 0 Å². The van der Waals surface area contributed by atoms with E-state index in [0.29, 0.717) is 0 Å². The quantitative estimate of drug-likeness (QED) is 0.262. The predicted molar refractivity (Wildman–Crippen MR) is 74.6 cm³/mol. The maximum Gasteiger partial charge on any atom is 0.208 e. The Balaban J connectivity index is 3.03. The van der Waals surface area contributed by atoms with E-state index in [2.05, 4.69) is 15.9 Å². The van der Waals surface area contributed by atoms with Crippen LogP contribution in [0.15, 0.2) is 4.47 Å². The third kappa shape index (κ3) is 1.84. The Bertz CT molecular complexity index is 675. The summed E-state index contributed by atoms with van der Waals surface area (Å²) >= 11 is 2.70. The van der Waals surface area contributed by atoms with E-state index in [1.165, 1.54) is 0 Å². The summed E-state index contributed by atoms with van der Waals surface area (Å²) in [4.78, 5) is 0. The topological polar surface area (TPSA) is 182 Å². The van der Waals surface area contributed by atoms with Gasteiger partial charge in [-0.3, -0.25) is 0 Å². The van der Waals surface area contributed by atoms with Crippen molar-refractivity contribution in [1.82, 2.24) is 0 Å². The molecule has 0 aliphatic rings. The molecule has 0 aliphatic heterocycles. The summed E-state index contributed by atoms with van der Waals surface area (Å²) in [5.41, 5.74) is -1.71. The van der Waals surface area contributed by atoms with Crippen LogP contribution in [0.5, 0.6) is 51.7 Å². The fraction of sp³-hybridized carbons (Fsp3) is 0. The summed E-state index contributed by atoms with van der Waals surface area (Å²) in [6.07, 6.45) is 0. The van der Waals surface area contributed by atoms with Gasteiger partial charge in [-0.05, 0) is 15.9 Å². The van der Waals surface area contributed by atoms with E-state index in [1.54, 1.807) is 0 Å². The lowest BCUT2D eigenvalue weighted by atomic mass is 9.98. The Labute approximate surface area is 130 Å². The fourth-order valence-electron chi connectivity index (χ4n) is 1.83. The number of rotatable bonds is 1. The van der Waals surface area contributed by atoms with Gasteiger partial charge < -0.3 is 46.0 Å². The lowest BCUT2D eigenvalue weighted by Gasteiger charge is -2.16. The second-order valence-electron chi connectivity index (χ2n) is 4.20. The number of hydrogen-bond acceptors (Lipinski definition) is 9. The van der Waals surface area contributed by atoms with Crippen LogP contribution in [0, 0.1) is 0 Å². The van der Waals surface area contributed by atoms with Crippen LogP contribution in [0.3, 0.4) is 0 Å². The first kappa shape index (κ1) is 15.5. The molecule has 0 radical (unpaired) electrons. The van der Waals surface area contributed by atoms with Crippen LogP contribution in [0.2, 0.25) is 0 Å². The van der Waals surface area contributed by atoms with Gasteiger partial charge in [-0.1, -0.05) is 0 Å². The second kappa shape index (κ2) is 4.84. The molecule has 0 saturated heterocycles. The molecule has 0 heterocycles. The number of phenols is 9. The number of benzene rings is 2. The van der Waals surface area contributed by atoms with Crippen molar-refractivity contribution in [2.45, 2.75) is 0 Å². The van der Waals surface area contributed by atoms with Gasteiger partial charge in [-0.2, -0.15) is 0 Å². The van der Waals surface area contributed by atoms with Crippen molar-refractivity contribution in [3.63, 3.8) is 0 Å². The largest absolute Gasteiger partial charge is 0.506 e. The molecule has 2 aromatic rings. The van der Waals surface area contributed by atoms with Gasteiger partial charge in [0, 0.05) is 0 Å². The lowest BCUT2D eigenvalue weighted by molar-refractivity contribution is 0.329. The minimum absolute atomic E-state index is 0.497. The molecule has 22 heavy (non-hydrogen) atoms. The first-order chi connectivity index (χ1) is 10.1. The van der Waals surface area contributed by atoms with E-state index >= 15 is 0 Å². The summed E-state index contributed by atoms with van der Waals surface area (Å²) < 4.78 is -0.497. The Kier molecular flexibility index (Phi) is 3.41. The Morgan fingerprint density at radius 3 is 1.05 bits per heavy atom. The van der Waals surface area contributed by atoms with Crippen LogP contribution in [0.4, 0.5) is 0 Å². The van der Waals surface area contributed by atoms with Gasteiger partial charge in [-0.15, -0.1) is 0 Å². The average Bonchev–Trinajstić information content (AvgIpc) is 2.50. The lowest BCUT2D eigenvalue weighted by Crippen LogP contribution is -1.88. The zero-order chi connectivity index (χ0) is 16.9. The third-order valence-corrected chi connectivity index (χ3v) is 3.71. The van der Waals surface area contributed by atoms with E-state index in [1.807, 2.05) is 0 Å². The van der Waals surface area contributed by atoms with Crippen molar-refractivity contribution in [1.29, 1.82) is 0 Å². The van der Waals surface area contributed by atoms with Crippen molar-refractivity contribution < 1.29 is 46.0 Å². The number of hydrogen-bond donors (Lipinski definition) is 9. The van der Waals surface area contributed by atoms with Crippen LogP contribution in [0.1, 0.15) is 0 Å². The average molecular weight is 377 g/mol. The molecule has 0 aliphatic carbocycles. The summed E-state index contributed by atoms with van der Waals surface area (Å²) in [6.45, 7) is 0. The second-order valence-corrected chi connectivity index (χ2v) is 4.99. The Morgan fingerprint density at radius 2 is 0.636 bits per heavy atom. The first-order valence-electron chi connectivity index (χ1n) is 5.45. The zero-order valence-electron chi connectivity index (χ0n) is 10.4. The zero-order valence-corrected chi connectivity index (χ0v) is 12.0. The Hall–Kier alpha value is -2.88. The molecule has 0 unspecified atom stereocenters. The SMILES string of the molecule is Oc1c(O)c(O)c(-c2c(O)c(O)c(O)c(Br)c2O)c(O)c1O. The van der Waals surface area contributed by atoms with E-state index in [9.17, 15) is 46.0 Å². The molecule has 118 valence electrons. The minimum Gasteiger partial charge on any atom is -0.506 e. The number of phenolic OH excluding ortho intramolecular Hbond substituents is 9. The van der Waals surface area contributed by atoms with Gasteiger partial charge in [0.05, 0.1) is 11.1 Å². The van der Waals surface area contributed by atoms with Crippen molar-refractivity contribution in [3.8, 4) is 62.9 Å². The molecule has 0 amide bonds. The Morgan fingerprint density at radius 1 is 0.364 bits per heavy atom. The fourth-order valence-corrected chi connectivity index (χ4v) is 2.21. The van der Waals surface area contributed by atoms with Crippen molar-refractivity contribution >= 4 is 15.9 Å². The first-order valence-corrected chi connectivity index (χ1v) is 6.24. The molecule has 2 rings (SSSR count). The van der Waals surface area contributed by atoms with Crippen LogP contribution in [0.25, 0.3) is 11.1 Å². The highest BCUT2D eigenvalue weighted by atomic mass is 79.9. The number of aromatic hydroxyl groups is 9. The molecule has 10 heteroatoms. The van der Waals surface area contributed by atoms with Crippen molar-refractivity contribution in [2.75, 3.05) is 0 Å². The van der Waals surface area contributed by atoms with E-state index in [4.69, 9.17) is 0 Å².